The van der Waals surface area contributed by atoms with Gasteiger partial charge in [0.2, 0.25) is 10.0 Å². The number of hydrogen-bond acceptors (Lipinski definition) is 4. The second-order valence-corrected chi connectivity index (χ2v) is 7.36. The van der Waals surface area contributed by atoms with Crippen molar-refractivity contribution in [1.82, 2.24) is 8.87 Å². The van der Waals surface area contributed by atoms with Crippen LogP contribution in [-0.4, -0.2) is 43.6 Å². The Labute approximate surface area is 129 Å². The van der Waals surface area contributed by atoms with Crippen molar-refractivity contribution in [2.24, 2.45) is 7.05 Å². The molecule has 0 aliphatic carbocycles. The Morgan fingerprint density at radius 2 is 1.82 bits per heavy atom. The number of aryl methyl sites for hydroxylation is 2. The van der Waals surface area contributed by atoms with Gasteiger partial charge in [0.15, 0.2) is 0 Å². The summed E-state index contributed by atoms with van der Waals surface area (Å²) in [5, 5.41) is 0.774. The van der Waals surface area contributed by atoms with Gasteiger partial charge in [0.25, 0.3) is 5.56 Å². The van der Waals surface area contributed by atoms with Crippen molar-refractivity contribution in [3.05, 3.63) is 40.2 Å². The number of sulfonamides is 1. The number of fused-ring (bicyclic) bond motifs is 1. The number of rotatable bonds is 2. The summed E-state index contributed by atoms with van der Waals surface area (Å²) in [6.45, 7) is 3.38. The summed E-state index contributed by atoms with van der Waals surface area (Å²) >= 11 is 0. The first kappa shape index (κ1) is 15.2. The zero-order valence-corrected chi connectivity index (χ0v) is 13.4. The highest BCUT2D eigenvalue weighted by molar-refractivity contribution is 7.89. The van der Waals surface area contributed by atoms with Crippen LogP contribution in [0.15, 0.2) is 34.0 Å². The molecular formula is C15H18N2O4S. The molecule has 1 aromatic heterocycles. The monoisotopic (exact) mass is 322 g/mol. The van der Waals surface area contributed by atoms with Gasteiger partial charge in [0.1, 0.15) is 0 Å². The minimum absolute atomic E-state index is 0.103. The van der Waals surface area contributed by atoms with Gasteiger partial charge in [-0.25, -0.2) is 8.42 Å². The maximum absolute atomic E-state index is 12.7. The van der Waals surface area contributed by atoms with Crippen molar-refractivity contribution in [1.29, 1.82) is 0 Å². The van der Waals surface area contributed by atoms with Crippen molar-refractivity contribution in [2.75, 3.05) is 26.3 Å². The van der Waals surface area contributed by atoms with Crippen LogP contribution in [0.25, 0.3) is 10.9 Å². The van der Waals surface area contributed by atoms with Crippen LogP contribution in [0, 0.1) is 6.92 Å². The number of hydrogen-bond donors (Lipinski definition) is 0. The summed E-state index contributed by atoms with van der Waals surface area (Å²) in [4.78, 5) is 12.1. The van der Waals surface area contributed by atoms with Crippen molar-refractivity contribution in [2.45, 2.75) is 11.8 Å². The largest absolute Gasteiger partial charge is 0.379 e. The topological polar surface area (TPSA) is 68.6 Å². The van der Waals surface area contributed by atoms with Gasteiger partial charge in [-0.15, -0.1) is 0 Å². The Balaban J connectivity index is 2.14. The molecule has 7 heteroatoms. The molecule has 22 heavy (non-hydrogen) atoms. The highest BCUT2D eigenvalue weighted by atomic mass is 32.2. The molecule has 2 aromatic rings. The van der Waals surface area contributed by atoms with Crippen molar-refractivity contribution >= 4 is 20.9 Å². The predicted molar refractivity (Wildman–Crippen MR) is 83.5 cm³/mol. The SMILES string of the molecule is Cc1cc(=O)n(C)c2ccc(S(=O)(=O)N3CCOCC3)cc12. The van der Waals surface area contributed by atoms with E-state index in [0.717, 1.165) is 16.5 Å². The molecule has 0 bridgehead atoms. The Kier molecular flexibility index (Phi) is 3.80. The third-order valence-corrected chi connectivity index (χ3v) is 5.93. The molecule has 0 radical (unpaired) electrons. The van der Waals surface area contributed by atoms with E-state index in [9.17, 15) is 13.2 Å². The number of morpholine rings is 1. The highest BCUT2D eigenvalue weighted by Gasteiger charge is 2.26. The van der Waals surface area contributed by atoms with Crippen LogP contribution in [0.2, 0.25) is 0 Å². The summed E-state index contributed by atoms with van der Waals surface area (Å²) in [5.74, 6) is 0. The van der Waals surface area contributed by atoms with E-state index in [4.69, 9.17) is 4.74 Å². The molecule has 0 spiro atoms. The minimum Gasteiger partial charge on any atom is -0.379 e. The zero-order chi connectivity index (χ0) is 15.9. The molecule has 1 aliphatic heterocycles. The molecule has 0 unspecified atom stereocenters. The average Bonchev–Trinajstić information content (AvgIpc) is 2.53. The lowest BCUT2D eigenvalue weighted by atomic mass is 10.1. The number of ether oxygens (including phenoxy) is 1. The van der Waals surface area contributed by atoms with Gasteiger partial charge in [-0.3, -0.25) is 4.79 Å². The second-order valence-electron chi connectivity index (χ2n) is 5.42. The first-order valence-electron chi connectivity index (χ1n) is 7.09. The van der Waals surface area contributed by atoms with E-state index in [-0.39, 0.29) is 10.5 Å². The van der Waals surface area contributed by atoms with Gasteiger partial charge in [0.05, 0.1) is 23.6 Å². The lowest BCUT2D eigenvalue weighted by Gasteiger charge is -2.26. The fourth-order valence-electron chi connectivity index (χ4n) is 2.70. The molecule has 0 saturated carbocycles. The van der Waals surface area contributed by atoms with E-state index in [0.29, 0.717) is 26.3 Å². The van der Waals surface area contributed by atoms with E-state index in [1.807, 2.05) is 6.92 Å². The van der Waals surface area contributed by atoms with Gasteiger partial charge >= 0.3 is 0 Å². The summed E-state index contributed by atoms with van der Waals surface area (Å²) in [6.07, 6.45) is 0. The van der Waals surface area contributed by atoms with Crippen molar-refractivity contribution in [3.8, 4) is 0 Å². The number of nitrogens with zero attached hydrogens (tertiary/aromatic N) is 2. The number of aromatic nitrogens is 1. The summed E-state index contributed by atoms with van der Waals surface area (Å²) in [6, 6.07) is 6.42. The normalized spacial score (nSPS) is 17.0. The minimum atomic E-state index is -3.53. The van der Waals surface area contributed by atoms with Crippen molar-refractivity contribution < 1.29 is 13.2 Å². The molecule has 1 fully saturated rings. The fourth-order valence-corrected chi connectivity index (χ4v) is 4.13. The Morgan fingerprint density at radius 3 is 2.50 bits per heavy atom. The van der Waals surface area contributed by atoms with E-state index in [1.54, 1.807) is 25.2 Å². The summed E-state index contributed by atoms with van der Waals surface area (Å²) in [5.41, 5.74) is 1.40. The van der Waals surface area contributed by atoms with Gasteiger partial charge in [0, 0.05) is 31.6 Å². The quantitative estimate of drug-likeness (QED) is 0.823. The van der Waals surface area contributed by atoms with Gasteiger partial charge in [-0.1, -0.05) is 0 Å². The van der Waals surface area contributed by atoms with Gasteiger partial charge in [-0.05, 0) is 30.7 Å². The fraction of sp³-hybridized carbons (Fsp3) is 0.400. The van der Waals surface area contributed by atoms with Crippen LogP contribution in [0.5, 0.6) is 0 Å². The third kappa shape index (κ3) is 2.45. The molecule has 0 atom stereocenters. The van der Waals surface area contributed by atoms with E-state index in [1.165, 1.54) is 14.9 Å². The highest BCUT2D eigenvalue weighted by Crippen LogP contribution is 2.23. The third-order valence-electron chi connectivity index (χ3n) is 4.03. The first-order valence-corrected chi connectivity index (χ1v) is 8.53. The maximum Gasteiger partial charge on any atom is 0.251 e. The Hall–Kier alpha value is -1.70. The van der Waals surface area contributed by atoms with Gasteiger partial charge < -0.3 is 9.30 Å². The van der Waals surface area contributed by atoms with Crippen LogP contribution in [0.3, 0.4) is 0 Å². The summed E-state index contributed by atoms with van der Waals surface area (Å²) in [7, 11) is -1.85. The summed E-state index contributed by atoms with van der Waals surface area (Å²) < 4.78 is 33.6. The van der Waals surface area contributed by atoms with E-state index < -0.39 is 10.0 Å². The lowest BCUT2D eigenvalue weighted by molar-refractivity contribution is 0.0730. The average molecular weight is 322 g/mol. The van der Waals surface area contributed by atoms with E-state index in [2.05, 4.69) is 0 Å². The molecule has 2 heterocycles. The smallest absolute Gasteiger partial charge is 0.251 e. The molecule has 1 saturated heterocycles. The molecule has 3 rings (SSSR count). The van der Waals surface area contributed by atoms with Crippen LogP contribution in [-0.2, 0) is 21.8 Å². The second kappa shape index (κ2) is 5.49. The number of benzene rings is 1. The van der Waals surface area contributed by atoms with E-state index >= 15 is 0 Å². The van der Waals surface area contributed by atoms with Gasteiger partial charge in [-0.2, -0.15) is 4.31 Å². The zero-order valence-electron chi connectivity index (χ0n) is 12.6. The molecule has 0 N–H and O–H groups in total. The standard InChI is InChI=1S/C15H18N2O4S/c1-11-9-15(18)16(2)14-4-3-12(10-13(11)14)22(19,20)17-5-7-21-8-6-17/h3-4,9-10H,5-8H2,1-2H3. The Bertz CT molecular complexity index is 880. The number of pyridine rings is 1. The van der Waals surface area contributed by atoms with Crippen LogP contribution in [0.4, 0.5) is 0 Å². The molecule has 1 aromatic carbocycles. The van der Waals surface area contributed by atoms with Crippen LogP contribution in [0.1, 0.15) is 5.56 Å². The van der Waals surface area contributed by atoms with Crippen molar-refractivity contribution in [3.63, 3.8) is 0 Å². The molecular weight excluding hydrogens is 304 g/mol. The molecule has 1 aliphatic rings. The molecule has 0 amide bonds. The molecule has 118 valence electrons. The lowest BCUT2D eigenvalue weighted by Crippen LogP contribution is -2.40. The molecule has 6 nitrogen and oxygen atoms in total. The van der Waals surface area contributed by atoms with Crippen LogP contribution < -0.4 is 5.56 Å². The first-order chi connectivity index (χ1) is 10.4. The van der Waals surface area contributed by atoms with Crippen LogP contribution >= 0.6 is 0 Å². The predicted octanol–water partition coefficient (Wildman–Crippen LogP) is 0.868. The Morgan fingerprint density at radius 1 is 1.14 bits per heavy atom. The maximum atomic E-state index is 12.7.